The SMILES string of the molecule is CCOc1ccc(S(=O)(=O)NNC(=O)CN2CCCC2=O)cc1. The van der Waals surface area contributed by atoms with Crippen LogP contribution >= 0.6 is 0 Å². The number of sulfonamides is 1. The number of amides is 2. The minimum atomic E-state index is -3.88. The van der Waals surface area contributed by atoms with E-state index in [1.807, 2.05) is 11.8 Å². The van der Waals surface area contributed by atoms with Crippen molar-refractivity contribution in [2.24, 2.45) is 0 Å². The molecule has 1 heterocycles. The van der Waals surface area contributed by atoms with E-state index in [0.717, 1.165) is 0 Å². The molecule has 0 aliphatic carbocycles. The molecule has 1 saturated heterocycles. The molecule has 1 aromatic carbocycles. The first-order valence-electron chi connectivity index (χ1n) is 7.23. The van der Waals surface area contributed by atoms with Crippen LogP contribution in [0.2, 0.25) is 0 Å². The van der Waals surface area contributed by atoms with Crippen LogP contribution in [0.3, 0.4) is 0 Å². The Balaban J connectivity index is 1.90. The molecule has 0 unspecified atom stereocenters. The van der Waals surface area contributed by atoms with Crippen LogP contribution in [0, 0.1) is 0 Å². The van der Waals surface area contributed by atoms with Crippen LogP contribution in [0.25, 0.3) is 0 Å². The number of hydrogen-bond acceptors (Lipinski definition) is 5. The third-order valence-corrected chi connectivity index (χ3v) is 4.54. The third-order valence-electron chi connectivity index (χ3n) is 3.28. The first kappa shape index (κ1) is 17.2. The Morgan fingerprint density at radius 2 is 2.00 bits per heavy atom. The average molecular weight is 341 g/mol. The smallest absolute Gasteiger partial charge is 0.257 e. The molecule has 0 bridgehead atoms. The molecule has 2 rings (SSSR count). The Kier molecular flexibility index (Phi) is 5.56. The number of rotatable bonds is 7. The first-order chi connectivity index (χ1) is 10.9. The van der Waals surface area contributed by atoms with Crippen molar-refractivity contribution in [3.05, 3.63) is 24.3 Å². The highest BCUT2D eigenvalue weighted by Gasteiger charge is 2.23. The van der Waals surface area contributed by atoms with Gasteiger partial charge in [0.2, 0.25) is 5.91 Å². The molecule has 9 heteroatoms. The molecule has 2 N–H and O–H groups in total. The largest absolute Gasteiger partial charge is 0.494 e. The summed E-state index contributed by atoms with van der Waals surface area (Å²) in [6.45, 7) is 2.66. The van der Waals surface area contributed by atoms with Crippen molar-refractivity contribution in [2.45, 2.75) is 24.7 Å². The number of hydrazine groups is 1. The first-order valence-corrected chi connectivity index (χ1v) is 8.72. The molecule has 1 fully saturated rings. The number of carbonyl (C=O) groups excluding carboxylic acids is 2. The van der Waals surface area contributed by atoms with Gasteiger partial charge in [0.1, 0.15) is 12.3 Å². The van der Waals surface area contributed by atoms with Crippen LogP contribution in [0.5, 0.6) is 5.75 Å². The minimum Gasteiger partial charge on any atom is -0.494 e. The number of nitrogens with one attached hydrogen (secondary N) is 2. The topological polar surface area (TPSA) is 105 Å². The van der Waals surface area contributed by atoms with Gasteiger partial charge < -0.3 is 9.64 Å². The number of ether oxygens (including phenoxy) is 1. The van der Waals surface area contributed by atoms with E-state index in [1.54, 1.807) is 0 Å². The van der Waals surface area contributed by atoms with E-state index in [1.165, 1.54) is 29.2 Å². The van der Waals surface area contributed by atoms with Crippen molar-refractivity contribution < 1.29 is 22.7 Å². The maximum atomic E-state index is 12.1. The zero-order chi connectivity index (χ0) is 16.9. The van der Waals surface area contributed by atoms with Crippen LogP contribution in [-0.4, -0.2) is 44.8 Å². The van der Waals surface area contributed by atoms with Gasteiger partial charge >= 0.3 is 0 Å². The van der Waals surface area contributed by atoms with Gasteiger partial charge in [-0.25, -0.2) is 8.42 Å². The third kappa shape index (κ3) is 4.67. The predicted molar refractivity (Wildman–Crippen MR) is 81.9 cm³/mol. The highest BCUT2D eigenvalue weighted by atomic mass is 32.2. The van der Waals surface area contributed by atoms with Crippen LogP contribution in [0.15, 0.2) is 29.2 Å². The average Bonchev–Trinajstić information content (AvgIpc) is 2.91. The quantitative estimate of drug-likeness (QED) is 0.680. The highest BCUT2D eigenvalue weighted by Crippen LogP contribution is 2.15. The van der Waals surface area contributed by atoms with Gasteiger partial charge in [0.05, 0.1) is 11.5 Å². The van der Waals surface area contributed by atoms with Gasteiger partial charge in [0.15, 0.2) is 0 Å². The Labute approximate surface area is 134 Å². The van der Waals surface area contributed by atoms with Crippen LogP contribution in [0.1, 0.15) is 19.8 Å². The summed E-state index contributed by atoms with van der Waals surface area (Å²) < 4.78 is 29.4. The lowest BCUT2D eigenvalue weighted by molar-refractivity contribution is -0.133. The fraction of sp³-hybridized carbons (Fsp3) is 0.429. The number of benzene rings is 1. The van der Waals surface area contributed by atoms with Gasteiger partial charge in [-0.2, -0.15) is 0 Å². The molecular formula is C14H19N3O5S. The van der Waals surface area contributed by atoms with Gasteiger partial charge in [0, 0.05) is 13.0 Å². The summed E-state index contributed by atoms with van der Waals surface area (Å²) in [6.07, 6.45) is 1.13. The van der Waals surface area contributed by atoms with Gasteiger partial charge in [-0.3, -0.25) is 15.0 Å². The minimum absolute atomic E-state index is 0.00139. The molecule has 0 spiro atoms. The molecule has 126 valence electrons. The second kappa shape index (κ2) is 7.42. The van der Waals surface area contributed by atoms with E-state index in [-0.39, 0.29) is 17.3 Å². The van der Waals surface area contributed by atoms with E-state index >= 15 is 0 Å². The van der Waals surface area contributed by atoms with Gasteiger partial charge in [-0.1, -0.05) is 0 Å². The van der Waals surface area contributed by atoms with Gasteiger partial charge in [0.25, 0.3) is 15.9 Å². The summed E-state index contributed by atoms with van der Waals surface area (Å²) in [5.41, 5.74) is 2.11. The van der Waals surface area contributed by atoms with Crippen molar-refractivity contribution in [3.8, 4) is 5.75 Å². The molecule has 2 amide bonds. The van der Waals surface area contributed by atoms with Gasteiger partial charge in [-0.05, 0) is 37.6 Å². The second-order valence-electron chi connectivity index (χ2n) is 4.98. The number of nitrogens with zero attached hydrogens (tertiary/aromatic N) is 1. The zero-order valence-electron chi connectivity index (χ0n) is 12.7. The normalized spacial score (nSPS) is 14.8. The maximum absolute atomic E-state index is 12.1. The lowest BCUT2D eigenvalue weighted by atomic mass is 10.3. The maximum Gasteiger partial charge on any atom is 0.257 e. The van der Waals surface area contributed by atoms with Crippen LogP contribution in [-0.2, 0) is 19.6 Å². The summed E-state index contributed by atoms with van der Waals surface area (Å²) in [5, 5.41) is 0. The Hall–Kier alpha value is -2.13. The molecule has 8 nitrogen and oxygen atoms in total. The summed E-state index contributed by atoms with van der Waals surface area (Å²) >= 11 is 0. The summed E-state index contributed by atoms with van der Waals surface area (Å²) in [6, 6.07) is 5.82. The van der Waals surface area contributed by atoms with E-state index in [9.17, 15) is 18.0 Å². The lowest BCUT2D eigenvalue weighted by Gasteiger charge is -2.15. The standard InChI is InChI=1S/C14H19N3O5S/c1-2-22-11-5-7-12(8-6-11)23(20,21)16-15-13(18)10-17-9-3-4-14(17)19/h5-8,16H,2-4,9-10H2,1H3,(H,15,18). The summed E-state index contributed by atoms with van der Waals surface area (Å²) in [5.74, 6) is -0.132. The molecule has 0 aromatic heterocycles. The summed E-state index contributed by atoms with van der Waals surface area (Å²) in [7, 11) is -3.88. The molecular weight excluding hydrogens is 322 g/mol. The summed E-state index contributed by atoms with van der Waals surface area (Å²) in [4.78, 5) is 26.5. The van der Waals surface area contributed by atoms with Crippen LogP contribution in [0.4, 0.5) is 0 Å². The number of carbonyl (C=O) groups is 2. The van der Waals surface area contributed by atoms with Crippen molar-refractivity contribution in [1.82, 2.24) is 15.2 Å². The number of likely N-dealkylation sites (tertiary alicyclic amines) is 1. The van der Waals surface area contributed by atoms with Crippen molar-refractivity contribution in [1.29, 1.82) is 0 Å². The molecule has 0 saturated carbocycles. The lowest BCUT2D eigenvalue weighted by Crippen LogP contribution is -2.46. The molecule has 23 heavy (non-hydrogen) atoms. The molecule has 1 aliphatic rings. The fourth-order valence-corrected chi connectivity index (χ4v) is 3.01. The Bertz CT molecular complexity index is 672. The second-order valence-corrected chi connectivity index (χ2v) is 6.66. The molecule has 1 aliphatic heterocycles. The Morgan fingerprint density at radius 3 is 2.57 bits per heavy atom. The fourth-order valence-electron chi connectivity index (χ4n) is 2.15. The van der Waals surface area contributed by atoms with Crippen molar-refractivity contribution in [2.75, 3.05) is 19.7 Å². The van der Waals surface area contributed by atoms with Crippen LogP contribution < -0.4 is 15.0 Å². The molecule has 1 aromatic rings. The molecule has 0 radical (unpaired) electrons. The molecule has 0 atom stereocenters. The van der Waals surface area contributed by atoms with E-state index < -0.39 is 15.9 Å². The van der Waals surface area contributed by atoms with E-state index in [4.69, 9.17) is 4.74 Å². The van der Waals surface area contributed by atoms with E-state index in [0.29, 0.717) is 31.7 Å². The van der Waals surface area contributed by atoms with Crippen molar-refractivity contribution in [3.63, 3.8) is 0 Å². The zero-order valence-corrected chi connectivity index (χ0v) is 13.6. The van der Waals surface area contributed by atoms with Gasteiger partial charge in [-0.15, -0.1) is 4.83 Å². The predicted octanol–water partition coefficient (Wildman–Crippen LogP) is 0.0172. The van der Waals surface area contributed by atoms with Crippen molar-refractivity contribution >= 4 is 21.8 Å². The Morgan fingerprint density at radius 1 is 1.30 bits per heavy atom. The number of hydrogen-bond donors (Lipinski definition) is 2. The highest BCUT2D eigenvalue weighted by molar-refractivity contribution is 7.89. The van der Waals surface area contributed by atoms with E-state index in [2.05, 4.69) is 5.43 Å². The monoisotopic (exact) mass is 341 g/mol.